The monoisotopic (exact) mass is 413 g/mol. The highest BCUT2D eigenvalue weighted by atomic mass is 16.5. The summed E-state index contributed by atoms with van der Waals surface area (Å²) in [5.74, 6) is 1.68. The molecule has 1 unspecified atom stereocenters. The number of aryl methyl sites for hydroxylation is 2. The van der Waals surface area contributed by atoms with Crippen molar-refractivity contribution in [3.8, 4) is 17.1 Å². The number of methoxy groups -OCH3 is 2. The Morgan fingerprint density at radius 1 is 1.03 bits per heavy atom. The minimum atomic E-state index is 0.351. The standard InChI is InChI=1S/C19H25N3O.C6H14O/c1-8-12(4)17-13(5)20-14(6)18(22-17)15-9-10-16(11(2)3)21-19(15)23-7;1-4-6(2)5-7-3/h8-11H,1-7H3;6H,4-5H2,1-3H3/b12-8-;. The number of allylic oxidation sites excluding steroid dienone is 2. The molecule has 0 amide bonds. The van der Waals surface area contributed by atoms with Crippen molar-refractivity contribution in [1.82, 2.24) is 15.0 Å². The summed E-state index contributed by atoms with van der Waals surface area (Å²) in [7, 11) is 3.39. The van der Waals surface area contributed by atoms with Gasteiger partial charge in [0.2, 0.25) is 5.88 Å². The van der Waals surface area contributed by atoms with Gasteiger partial charge in [0.25, 0.3) is 0 Å². The van der Waals surface area contributed by atoms with Gasteiger partial charge in [-0.2, -0.15) is 0 Å². The number of rotatable bonds is 7. The third kappa shape index (κ3) is 6.91. The minimum absolute atomic E-state index is 0.351. The second kappa shape index (κ2) is 12.4. The fraction of sp³-hybridized carbons (Fsp3) is 0.560. The Kier molecular flexibility index (Phi) is 10.7. The topological polar surface area (TPSA) is 57.1 Å². The van der Waals surface area contributed by atoms with Crippen LogP contribution in [0.1, 0.15) is 76.7 Å². The normalized spacial score (nSPS) is 12.4. The maximum absolute atomic E-state index is 5.51. The first-order valence-electron chi connectivity index (χ1n) is 10.7. The summed E-state index contributed by atoms with van der Waals surface area (Å²) in [6.45, 7) is 17.5. The van der Waals surface area contributed by atoms with Crippen molar-refractivity contribution in [3.63, 3.8) is 0 Å². The van der Waals surface area contributed by atoms with Crippen LogP contribution in [0.15, 0.2) is 18.2 Å². The molecule has 0 aliphatic heterocycles. The average molecular weight is 414 g/mol. The van der Waals surface area contributed by atoms with Crippen LogP contribution >= 0.6 is 0 Å². The summed E-state index contributed by atoms with van der Waals surface area (Å²) in [6, 6.07) is 4.06. The Labute approximate surface area is 183 Å². The molecule has 5 heteroatoms. The lowest BCUT2D eigenvalue weighted by atomic mass is 10.1. The van der Waals surface area contributed by atoms with Crippen molar-refractivity contribution in [2.24, 2.45) is 5.92 Å². The maximum atomic E-state index is 5.51. The highest BCUT2D eigenvalue weighted by molar-refractivity contribution is 5.71. The van der Waals surface area contributed by atoms with Crippen LogP contribution in [-0.4, -0.2) is 35.8 Å². The second-order valence-corrected chi connectivity index (χ2v) is 7.98. The van der Waals surface area contributed by atoms with E-state index in [4.69, 9.17) is 14.5 Å². The van der Waals surface area contributed by atoms with Gasteiger partial charge in [-0.1, -0.05) is 40.2 Å². The van der Waals surface area contributed by atoms with E-state index >= 15 is 0 Å². The SMILES string of the molecule is C/C=C(/C)c1nc(-c2ccc(C(C)C)nc2OC)c(C)nc1C.CCC(C)COC. The summed E-state index contributed by atoms with van der Waals surface area (Å²) in [5.41, 5.74) is 6.57. The third-order valence-corrected chi connectivity index (χ3v) is 5.12. The van der Waals surface area contributed by atoms with Crippen molar-refractivity contribution in [3.05, 3.63) is 41.0 Å². The van der Waals surface area contributed by atoms with Crippen molar-refractivity contribution in [1.29, 1.82) is 0 Å². The highest BCUT2D eigenvalue weighted by Crippen LogP contribution is 2.31. The zero-order valence-corrected chi connectivity index (χ0v) is 20.5. The van der Waals surface area contributed by atoms with Crippen molar-refractivity contribution >= 4 is 5.57 Å². The van der Waals surface area contributed by atoms with Gasteiger partial charge >= 0.3 is 0 Å². The Morgan fingerprint density at radius 2 is 1.70 bits per heavy atom. The predicted molar refractivity (Wildman–Crippen MR) is 126 cm³/mol. The van der Waals surface area contributed by atoms with Crippen molar-refractivity contribution < 1.29 is 9.47 Å². The quantitative estimate of drug-likeness (QED) is 0.526. The molecule has 0 saturated heterocycles. The van der Waals surface area contributed by atoms with E-state index < -0.39 is 0 Å². The number of nitrogens with zero attached hydrogens (tertiary/aromatic N) is 3. The molecule has 2 rings (SSSR count). The van der Waals surface area contributed by atoms with Gasteiger partial charge in [-0.05, 0) is 57.2 Å². The van der Waals surface area contributed by atoms with Gasteiger partial charge < -0.3 is 9.47 Å². The van der Waals surface area contributed by atoms with Gasteiger partial charge in [-0.15, -0.1) is 0 Å². The van der Waals surface area contributed by atoms with Crippen LogP contribution in [0, 0.1) is 19.8 Å². The molecule has 2 aromatic heterocycles. The smallest absolute Gasteiger partial charge is 0.222 e. The van der Waals surface area contributed by atoms with E-state index in [1.807, 2.05) is 45.9 Å². The minimum Gasteiger partial charge on any atom is -0.480 e. The van der Waals surface area contributed by atoms with Crippen LogP contribution in [0.2, 0.25) is 0 Å². The van der Waals surface area contributed by atoms with Crippen molar-refractivity contribution in [2.45, 2.75) is 67.7 Å². The van der Waals surface area contributed by atoms with Crippen LogP contribution < -0.4 is 4.74 Å². The van der Waals surface area contributed by atoms with Crippen LogP contribution in [0.4, 0.5) is 0 Å². The van der Waals surface area contributed by atoms with E-state index in [1.165, 1.54) is 6.42 Å². The molecule has 0 aliphatic rings. The van der Waals surface area contributed by atoms with Gasteiger partial charge in [0.1, 0.15) is 0 Å². The van der Waals surface area contributed by atoms with Crippen LogP contribution in [0.3, 0.4) is 0 Å². The van der Waals surface area contributed by atoms with Gasteiger partial charge in [0, 0.05) is 19.4 Å². The van der Waals surface area contributed by atoms with Crippen LogP contribution in [0.25, 0.3) is 16.8 Å². The summed E-state index contributed by atoms with van der Waals surface area (Å²) in [4.78, 5) is 14.1. The van der Waals surface area contributed by atoms with Crippen molar-refractivity contribution in [2.75, 3.05) is 20.8 Å². The average Bonchev–Trinajstić information content (AvgIpc) is 2.73. The fourth-order valence-electron chi connectivity index (χ4n) is 2.91. The molecule has 0 bridgehead atoms. The highest BCUT2D eigenvalue weighted by Gasteiger charge is 2.17. The molecule has 0 radical (unpaired) electrons. The first-order valence-corrected chi connectivity index (χ1v) is 10.7. The number of pyridine rings is 1. The first kappa shape index (κ1) is 25.8. The molecule has 0 N–H and O–H groups in total. The van der Waals surface area contributed by atoms with Crippen LogP contribution in [-0.2, 0) is 4.74 Å². The van der Waals surface area contributed by atoms with E-state index in [0.717, 1.165) is 52.1 Å². The molecule has 5 nitrogen and oxygen atoms in total. The number of hydrogen-bond donors (Lipinski definition) is 0. The first-order chi connectivity index (χ1) is 14.2. The molecular weight excluding hydrogens is 374 g/mol. The molecule has 1 atom stereocenters. The molecule has 30 heavy (non-hydrogen) atoms. The Hall–Kier alpha value is -2.27. The van der Waals surface area contributed by atoms with E-state index in [9.17, 15) is 0 Å². The molecule has 2 aromatic rings. The van der Waals surface area contributed by atoms with E-state index in [2.05, 4.69) is 37.7 Å². The molecule has 0 saturated carbocycles. The molecular formula is C25H39N3O2. The Morgan fingerprint density at radius 3 is 2.17 bits per heavy atom. The Balaban J connectivity index is 0.000000553. The van der Waals surface area contributed by atoms with E-state index in [-0.39, 0.29) is 0 Å². The summed E-state index contributed by atoms with van der Waals surface area (Å²) < 4.78 is 10.4. The Bertz CT molecular complexity index is 845. The zero-order valence-electron chi connectivity index (χ0n) is 20.5. The summed E-state index contributed by atoms with van der Waals surface area (Å²) in [6.07, 6.45) is 3.27. The van der Waals surface area contributed by atoms with E-state index in [0.29, 0.717) is 11.8 Å². The fourth-order valence-corrected chi connectivity index (χ4v) is 2.91. The molecule has 0 aromatic carbocycles. The number of ether oxygens (including phenoxy) is 2. The van der Waals surface area contributed by atoms with Gasteiger partial charge in [-0.25, -0.2) is 9.97 Å². The zero-order chi connectivity index (χ0) is 22.8. The molecule has 2 heterocycles. The largest absolute Gasteiger partial charge is 0.480 e. The lowest BCUT2D eigenvalue weighted by Crippen LogP contribution is -2.04. The predicted octanol–water partition coefficient (Wildman–Crippen LogP) is 6.39. The number of hydrogen-bond acceptors (Lipinski definition) is 5. The third-order valence-electron chi connectivity index (χ3n) is 5.12. The van der Waals surface area contributed by atoms with Gasteiger partial charge in [-0.3, -0.25) is 4.98 Å². The van der Waals surface area contributed by atoms with Crippen LogP contribution in [0.5, 0.6) is 5.88 Å². The summed E-state index contributed by atoms with van der Waals surface area (Å²) >= 11 is 0. The lowest BCUT2D eigenvalue weighted by molar-refractivity contribution is 0.158. The second-order valence-electron chi connectivity index (χ2n) is 7.98. The lowest BCUT2D eigenvalue weighted by Gasteiger charge is -2.14. The van der Waals surface area contributed by atoms with Gasteiger partial charge in [0.15, 0.2) is 0 Å². The summed E-state index contributed by atoms with van der Waals surface area (Å²) in [5, 5.41) is 0. The van der Waals surface area contributed by atoms with E-state index in [1.54, 1.807) is 14.2 Å². The molecule has 0 fully saturated rings. The number of aromatic nitrogens is 3. The maximum Gasteiger partial charge on any atom is 0.222 e. The molecule has 166 valence electrons. The van der Waals surface area contributed by atoms with Gasteiger partial charge in [0.05, 0.1) is 35.4 Å². The molecule has 0 aliphatic carbocycles. The molecule has 0 spiro atoms.